The second-order valence-corrected chi connectivity index (χ2v) is 11.5. The number of piperidine rings is 2. The lowest BCUT2D eigenvalue weighted by molar-refractivity contribution is -0.162. The summed E-state index contributed by atoms with van der Waals surface area (Å²) >= 11 is 0. The van der Waals surface area contributed by atoms with Crippen molar-refractivity contribution in [2.24, 2.45) is 11.8 Å². The maximum atomic E-state index is 13.1. The Labute approximate surface area is 213 Å². The van der Waals surface area contributed by atoms with Crippen molar-refractivity contribution in [3.05, 3.63) is 29.8 Å². The van der Waals surface area contributed by atoms with Crippen LogP contribution in [0.25, 0.3) is 0 Å². The van der Waals surface area contributed by atoms with Crippen molar-refractivity contribution in [1.82, 2.24) is 10.2 Å². The molecule has 1 saturated carbocycles. The van der Waals surface area contributed by atoms with E-state index in [0.29, 0.717) is 44.8 Å². The van der Waals surface area contributed by atoms with Crippen LogP contribution in [0.4, 0.5) is 5.69 Å². The van der Waals surface area contributed by atoms with Crippen molar-refractivity contribution in [2.45, 2.75) is 89.7 Å². The molecule has 196 valence electrons. The van der Waals surface area contributed by atoms with Gasteiger partial charge in [-0.05, 0) is 83.4 Å². The van der Waals surface area contributed by atoms with Crippen LogP contribution in [-0.2, 0) is 23.9 Å². The van der Waals surface area contributed by atoms with Gasteiger partial charge in [0.2, 0.25) is 17.7 Å². The lowest BCUT2D eigenvalue weighted by atomic mass is 9.84. The van der Waals surface area contributed by atoms with Gasteiger partial charge in [-0.15, -0.1) is 0 Å². The van der Waals surface area contributed by atoms with Gasteiger partial charge in [-0.2, -0.15) is 0 Å². The van der Waals surface area contributed by atoms with E-state index in [1.807, 2.05) is 49.9 Å². The number of hydrogen-bond acceptors (Lipinski definition) is 6. The van der Waals surface area contributed by atoms with Crippen LogP contribution in [0.5, 0.6) is 0 Å². The number of carbonyl (C=O) groups is 4. The highest BCUT2D eigenvalue weighted by atomic mass is 16.6. The molecule has 1 unspecified atom stereocenters. The van der Waals surface area contributed by atoms with Crippen LogP contribution in [-0.4, -0.2) is 53.3 Å². The Morgan fingerprint density at radius 3 is 2.14 bits per heavy atom. The number of esters is 1. The number of ether oxygens (including phenoxy) is 1. The second-order valence-electron chi connectivity index (χ2n) is 11.5. The second kappa shape index (κ2) is 11.0. The number of imide groups is 1. The third-order valence-electron chi connectivity index (χ3n) is 7.55. The summed E-state index contributed by atoms with van der Waals surface area (Å²) in [6.07, 6.45) is 5.85. The fourth-order valence-corrected chi connectivity index (χ4v) is 5.52. The molecule has 3 amide bonds. The van der Waals surface area contributed by atoms with Gasteiger partial charge in [-0.1, -0.05) is 12.1 Å². The molecule has 8 heteroatoms. The minimum atomic E-state index is -0.480. The zero-order chi connectivity index (χ0) is 25.9. The Hall–Kier alpha value is -2.90. The Kier molecular flexibility index (Phi) is 8.00. The number of hydrogen-bond donors (Lipinski definition) is 2. The molecule has 0 radical (unpaired) electrons. The minimum Gasteiger partial charge on any atom is -0.460 e. The Morgan fingerprint density at radius 2 is 1.56 bits per heavy atom. The lowest BCUT2D eigenvalue weighted by Crippen LogP contribution is -2.45. The molecule has 0 aromatic heterocycles. The highest BCUT2D eigenvalue weighted by molar-refractivity contribution is 6.00. The molecule has 2 N–H and O–H groups in total. The van der Waals surface area contributed by atoms with Crippen molar-refractivity contribution in [3.63, 3.8) is 0 Å². The zero-order valence-electron chi connectivity index (χ0n) is 21.7. The van der Waals surface area contributed by atoms with E-state index in [9.17, 15) is 19.2 Å². The molecule has 2 heterocycles. The standard InChI is InChI=1S/C28H39N3O5/c1-28(2,3)36-27(35)20-14-16-31(17-15-20)26(34)19-6-10-22(11-7-19)29-21-8-4-18(5-9-21)23-12-13-24(32)30-25(23)33/h4-5,8-9,19-20,22-23,29H,6-7,10-17H2,1-3H3,(H,30,32,33). The van der Waals surface area contributed by atoms with Crippen LogP contribution in [0.1, 0.15) is 83.6 Å². The van der Waals surface area contributed by atoms with Gasteiger partial charge in [0.25, 0.3) is 0 Å². The molecule has 8 nitrogen and oxygen atoms in total. The molecule has 36 heavy (non-hydrogen) atoms. The molecule has 2 aliphatic heterocycles. The Balaban J connectivity index is 1.20. The van der Waals surface area contributed by atoms with Crippen molar-refractivity contribution in [1.29, 1.82) is 0 Å². The van der Waals surface area contributed by atoms with Crippen LogP contribution in [0.3, 0.4) is 0 Å². The van der Waals surface area contributed by atoms with Crippen LogP contribution >= 0.6 is 0 Å². The summed E-state index contributed by atoms with van der Waals surface area (Å²) in [6, 6.07) is 8.21. The molecule has 1 aliphatic carbocycles. The maximum absolute atomic E-state index is 13.1. The van der Waals surface area contributed by atoms with Crippen LogP contribution < -0.4 is 10.6 Å². The topological polar surface area (TPSA) is 105 Å². The van der Waals surface area contributed by atoms with Crippen LogP contribution in [0.2, 0.25) is 0 Å². The van der Waals surface area contributed by atoms with E-state index in [4.69, 9.17) is 4.74 Å². The van der Waals surface area contributed by atoms with E-state index in [0.717, 1.165) is 36.9 Å². The molecule has 3 aliphatic rings. The third-order valence-corrected chi connectivity index (χ3v) is 7.55. The number of amides is 3. The number of anilines is 1. The summed E-state index contributed by atoms with van der Waals surface area (Å²) < 4.78 is 5.52. The molecule has 4 rings (SSSR count). The van der Waals surface area contributed by atoms with Gasteiger partial charge in [-0.3, -0.25) is 24.5 Å². The highest BCUT2D eigenvalue weighted by Crippen LogP contribution is 2.31. The van der Waals surface area contributed by atoms with Gasteiger partial charge in [-0.25, -0.2) is 0 Å². The number of benzene rings is 1. The van der Waals surface area contributed by atoms with Gasteiger partial charge >= 0.3 is 5.97 Å². The van der Waals surface area contributed by atoms with Gasteiger partial charge in [0, 0.05) is 37.2 Å². The van der Waals surface area contributed by atoms with E-state index in [-0.39, 0.29) is 41.4 Å². The Morgan fingerprint density at radius 1 is 0.917 bits per heavy atom. The predicted molar refractivity (Wildman–Crippen MR) is 136 cm³/mol. The molecule has 1 atom stereocenters. The van der Waals surface area contributed by atoms with E-state index in [2.05, 4.69) is 10.6 Å². The van der Waals surface area contributed by atoms with Gasteiger partial charge in [0.05, 0.1) is 11.8 Å². The fraction of sp³-hybridized carbons (Fsp3) is 0.643. The summed E-state index contributed by atoms with van der Waals surface area (Å²) in [5.74, 6) is -0.674. The first kappa shape index (κ1) is 26.2. The molecule has 0 spiro atoms. The highest BCUT2D eigenvalue weighted by Gasteiger charge is 2.34. The first-order valence-corrected chi connectivity index (χ1v) is 13.3. The molecule has 1 aromatic rings. The summed E-state index contributed by atoms with van der Waals surface area (Å²) in [5, 5.41) is 5.99. The number of carbonyl (C=O) groups excluding carboxylic acids is 4. The Bertz CT molecular complexity index is 968. The normalized spacial score (nSPS) is 25.8. The summed E-state index contributed by atoms with van der Waals surface area (Å²) in [7, 11) is 0. The van der Waals surface area contributed by atoms with Gasteiger partial charge in [0.15, 0.2) is 0 Å². The van der Waals surface area contributed by atoms with E-state index < -0.39 is 5.60 Å². The van der Waals surface area contributed by atoms with Crippen molar-refractivity contribution in [3.8, 4) is 0 Å². The average molecular weight is 498 g/mol. The average Bonchev–Trinajstić information content (AvgIpc) is 2.84. The largest absolute Gasteiger partial charge is 0.460 e. The van der Waals surface area contributed by atoms with Crippen molar-refractivity contribution < 1.29 is 23.9 Å². The molecular weight excluding hydrogens is 458 g/mol. The number of likely N-dealkylation sites (tertiary alicyclic amines) is 1. The van der Waals surface area contributed by atoms with Gasteiger partial charge < -0.3 is 15.0 Å². The maximum Gasteiger partial charge on any atom is 0.309 e. The predicted octanol–water partition coefficient (Wildman–Crippen LogP) is 3.76. The summed E-state index contributed by atoms with van der Waals surface area (Å²) in [4.78, 5) is 50.9. The summed E-state index contributed by atoms with van der Waals surface area (Å²) in [5.41, 5.74) is 1.45. The van der Waals surface area contributed by atoms with E-state index >= 15 is 0 Å². The van der Waals surface area contributed by atoms with E-state index in [1.165, 1.54) is 0 Å². The van der Waals surface area contributed by atoms with Crippen LogP contribution in [0.15, 0.2) is 24.3 Å². The monoisotopic (exact) mass is 497 g/mol. The fourth-order valence-electron chi connectivity index (χ4n) is 5.52. The molecular formula is C28H39N3O5. The van der Waals surface area contributed by atoms with Crippen molar-refractivity contribution in [2.75, 3.05) is 18.4 Å². The van der Waals surface area contributed by atoms with Gasteiger partial charge in [0.1, 0.15) is 5.60 Å². The number of rotatable bonds is 5. The first-order valence-electron chi connectivity index (χ1n) is 13.3. The van der Waals surface area contributed by atoms with E-state index in [1.54, 1.807) is 0 Å². The molecule has 3 fully saturated rings. The SMILES string of the molecule is CC(C)(C)OC(=O)C1CCN(C(=O)C2CCC(Nc3ccc(C4CCC(=O)NC4=O)cc3)CC2)CC1. The third kappa shape index (κ3) is 6.65. The molecule has 2 saturated heterocycles. The first-order chi connectivity index (χ1) is 17.1. The number of nitrogens with one attached hydrogen (secondary N) is 2. The minimum absolute atomic E-state index is 0.0519. The lowest BCUT2D eigenvalue weighted by Gasteiger charge is -2.36. The smallest absolute Gasteiger partial charge is 0.309 e. The zero-order valence-corrected chi connectivity index (χ0v) is 21.7. The number of nitrogens with zero attached hydrogens (tertiary/aromatic N) is 1. The summed E-state index contributed by atoms with van der Waals surface area (Å²) in [6.45, 7) is 6.89. The molecule has 0 bridgehead atoms. The van der Waals surface area contributed by atoms with Crippen molar-refractivity contribution >= 4 is 29.4 Å². The molecule has 1 aromatic carbocycles. The van der Waals surface area contributed by atoms with Crippen LogP contribution in [0, 0.1) is 11.8 Å². The quantitative estimate of drug-likeness (QED) is 0.474.